The zero-order chi connectivity index (χ0) is 20.3. The summed E-state index contributed by atoms with van der Waals surface area (Å²) < 4.78 is 6.85. The summed E-state index contributed by atoms with van der Waals surface area (Å²) >= 11 is 0. The summed E-state index contributed by atoms with van der Waals surface area (Å²) in [5.41, 5.74) is 16.2. The molecule has 0 saturated carbocycles. The van der Waals surface area contributed by atoms with Crippen LogP contribution in [-0.4, -0.2) is 82.9 Å². The predicted octanol–water partition coefficient (Wildman–Crippen LogP) is -3.80. The minimum atomic E-state index is -1.19. The van der Waals surface area contributed by atoms with Crippen LogP contribution in [0.1, 0.15) is 13.2 Å². The van der Waals surface area contributed by atoms with Crippen molar-refractivity contribution in [1.82, 2.24) is 19.5 Å². The third-order valence-corrected chi connectivity index (χ3v) is 4.03. The lowest BCUT2D eigenvalue weighted by molar-refractivity contribution is -0.121. The van der Waals surface area contributed by atoms with Crippen LogP contribution < -0.4 is 17.2 Å². The summed E-state index contributed by atoms with van der Waals surface area (Å²) in [6.45, 7) is 1.02. The molecule has 0 spiro atoms. The quantitative estimate of drug-likeness (QED) is 0.270. The highest BCUT2D eigenvalue weighted by atomic mass is 16.6. The number of hydrogen-bond acceptors (Lipinski definition) is 11. The first kappa shape index (κ1) is 20.9. The molecule has 27 heavy (non-hydrogen) atoms. The number of aliphatic hydroxyl groups is 4. The van der Waals surface area contributed by atoms with Gasteiger partial charge < -0.3 is 42.4 Å². The number of ether oxygens (including phenoxy) is 1. The summed E-state index contributed by atoms with van der Waals surface area (Å²) in [5.74, 6) is -0.463. The van der Waals surface area contributed by atoms with Crippen LogP contribution in [0.3, 0.4) is 0 Å². The minimum absolute atomic E-state index is 0.218. The second-order valence-electron chi connectivity index (χ2n) is 5.98. The summed E-state index contributed by atoms with van der Waals surface area (Å²) in [4.78, 5) is 22.0. The molecular formula is C14H23N7O6. The van der Waals surface area contributed by atoms with Crippen molar-refractivity contribution in [3.63, 3.8) is 0 Å². The molecule has 0 bridgehead atoms. The Morgan fingerprint density at radius 2 is 2.00 bits per heavy atom. The third-order valence-electron chi connectivity index (χ3n) is 4.03. The molecule has 2 aromatic rings. The Labute approximate surface area is 153 Å². The number of primary amides is 1. The van der Waals surface area contributed by atoms with Gasteiger partial charge in [-0.2, -0.15) is 0 Å². The maximum Gasteiger partial charge on any atom is 0.237 e. The number of nitrogens with zero attached hydrogens (tertiary/aromatic N) is 4. The van der Waals surface area contributed by atoms with E-state index in [4.69, 9.17) is 32.2 Å². The highest BCUT2D eigenvalue weighted by molar-refractivity contribution is 5.81. The van der Waals surface area contributed by atoms with Gasteiger partial charge in [0, 0.05) is 0 Å². The molecule has 150 valence electrons. The molecule has 1 fully saturated rings. The first-order valence-electron chi connectivity index (χ1n) is 7.97. The van der Waals surface area contributed by atoms with Gasteiger partial charge in [-0.3, -0.25) is 9.36 Å². The number of nitrogens with two attached hydrogens (primary N) is 3. The minimum Gasteiger partial charge on any atom is -0.394 e. The fourth-order valence-electron chi connectivity index (χ4n) is 2.40. The van der Waals surface area contributed by atoms with Gasteiger partial charge in [-0.05, 0) is 6.92 Å². The zero-order valence-corrected chi connectivity index (χ0v) is 14.5. The lowest BCUT2D eigenvalue weighted by Crippen LogP contribution is -2.44. The Bertz CT molecular complexity index is 784. The largest absolute Gasteiger partial charge is 0.394 e. The number of fused-ring (bicyclic) bond motifs is 1. The normalized spacial score (nSPS) is 27.0. The Morgan fingerprint density at radius 3 is 2.48 bits per heavy atom. The maximum absolute atomic E-state index is 10.1. The van der Waals surface area contributed by atoms with Crippen molar-refractivity contribution >= 4 is 22.9 Å². The van der Waals surface area contributed by atoms with Crippen LogP contribution in [0.2, 0.25) is 0 Å². The van der Waals surface area contributed by atoms with Gasteiger partial charge in [0.1, 0.15) is 36.2 Å². The Balaban J connectivity index is 0.000000279. The molecule has 3 rings (SSSR count). The monoisotopic (exact) mass is 385 g/mol. The van der Waals surface area contributed by atoms with E-state index in [1.54, 1.807) is 0 Å². The Kier molecular flexibility index (Phi) is 6.59. The lowest BCUT2D eigenvalue weighted by Gasteiger charge is -2.16. The first-order chi connectivity index (χ1) is 12.7. The molecule has 0 aliphatic carbocycles. The molecule has 1 aliphatic rings. The standard InChI is InChI=1S/C10H13N5O4.C4H10N2O2/c11-8-5-9(13-2-12-8)15(3-14-5)10-7(18)6(17)4(1-16)19-10;1-2(7)3(5)4(6)8/h2-4,6-7,10,16-18H,1H2,(H2,11,12,13);2-3,7H,5H2,1H3,(H2,6,8)/t4-,6-,7-,10-;/m1./s1. The number of aromatic nitrogens is 4. The molecule has 0 radical (unpaired) electrons. The van der Waals surface area contributed by atoms with E-state index in [2.05, 4.69) is 15.0 Å². The van der Waals surface area contributed by atoms with Gasteiger partial charge in [0.05, 0.1) is 19.0 Å². The molecule has 13 heteroatoms. The van der Waals surface area contributed by atoms with E-state index in [-0.39, 0.29) is 5.82 Å². The molecule has 1 aliphatic heterocycles. The molecule has 0 aromatic carbocycles. The van der Waals surface area contributed by atoms with Gasteiger partial charge >= 0.3 is 0 Å². The van der Waals surface area contributed by atoms with Crippen molar-refractivity contribution < 1.29 is 30.0 Å². The Morgan fingerprint density at radius 1 is 1.33 bits per heavy atom. The number of hydrogen-bond donors (Lipinski definition) is 7. The number of imidazole rings is 1. The van der Waals surface area contributed by atoms with Gasteiger partial charge in [0.15, 0.2) is 17.7 Å². The topological polar surface area (TPSA) is 229 Å². The van der Waals surface area contributed by atoms with Crippen molar-refractivity contribution in [2.75, 3.05) is 12.3 Å². The highest BCUT2D eigenvalue weighted by Crippen LogP contribution is 2.31. The van der Waals surface area contributed by atoms with Crippen LogP contribution in [0.4, 0.5) is 5.82 Å². The van der Waals surface area contributed by atoms with Crippen molar-refractivity contribution in [2.45, 2.75) is 43.6 Å². The van der Waals surface area contributed by atoms with E-state index in [9.17, 15) is 15.0 Å². The van der Waals surface area contributed by atoms with Gasteiger partial charge in [0.25, 0.3) is 0 Å². The van der Waals surface area contributed by atoms with E-state index in [0.717, 1.165) is 0 Å². The van der Waals surface area contributed by atoms with Crippen LogP contribution in [0.25, 0.3) is 11.2 Å². The number of amides is 1. The van der Waals surface area contributed by atoms with Gasteiger partial charge in [-0.1, -0.05) is 0 Å². The molecule has 13 nitrogen and oxygen atoms in total. The first-order valence-corrected chi connectivity index (χ1v) is 7.97. The smallest absolute Gasteiger partial charge is 0.237 e. The number of anilines is 1. The van der Waals surface area contributed by atoms with Crippen LogP contribution in [0, 0.1) is 0 Å². The summed E-state index contributed by atoms with van der Waals surface area (Å²) in [5, 5.41) is 37.3. The van der Waals surface area contributed by atoms with Gasteiger partial charge in [-0.15, -0.1) is 0 Å². The maximum atomic E-state index is 10.1. The molecule has 2 unspecified atom stereocenters. The number of carbonyl (C=O) groups excluding carboxylic acids is 1. The fourth-order valence-corrected chi connectivity index (χ4v) is 2.40. The van der Waals surface area contributed by atoms with Gasteiger partial charge in [-0.25, -0.2) is 15.0 Å². The fraction of sp³-hybridized carbons (Fsp3) is 0.571. The molecule has 6 atom stereocenters. The van der Waals surface area contributed by atoms with Crippen molar-refractivity contribution in [1.29, 1.82) is 0 Å². The molecule has 10 N–H and O–H groups in total. The number of aliphatic hydroxyl groups excluding tert-OH is 4. The summed E-state index contributed by atoms with van der Waals surface area (Å²) in [6, 6.07) is -0.935. The van der Waals surface area contributed by atoms with Crippen LogP contribution in [0.5, 0.6) is 0 Å². The Hall–Kier alpha value is -2.42. The second-order valence-corrected chi connectivity index (χ2v) is 5.98. The molecule has 3 heterocycles. The molecular weight excluding hydrogens is 362 g/mol. The SMILES string of the molecule is CC(O)C(N)C(N)=O.Nc1ncnc2c1ncn2[C@@H]1O[C@H](CO)[C@@H](O)[C@H]1O. The molecule has 2 aromatic heterocycles. The second kappa shape index (κ2) is 8.51. The average molecular weight is 385 g/mol. The number of rotatable bonds is 4. The van der Waals surface area contributed by atoms with E-state index >= 15 is 0 Å². The van der Waals surface area contributed by atoms with Crippen molar-refractivity contribution in [3.8, 4) is 0 Å². The molecule has 1 amide bonds. The average Bonchev–Trinajstić information content (AvgIpc) is 3.17. The lowest BCUT2D eigenvalue weighted by atomic mass is 10.1. The number of carbonyl (C=O) groups is 1. The third kappa shape index (κ3) is 4.29. The zero-order valence-electron chi connectivity index (χ0n) is 14.5. The van der Waals surface area contributed by atoms with E-state index in [1.807, 2.05) is 0 Å². The van der Waals surface area contributed by atoms with Crippen LogP contribution in [-0.2, 0) is 9.53 Å². The van der Waals surface area contributed by atoms with Crippen molar-refractivity contribution in [3.05, 3.63) is 12.7 Å². The van der Waals surface area contributed by atoms with E-state index in [1.165, 1.54) is 24.1 Å². The number of nitrogen functional groups attached to an aromatic ring is 1. The van der Waals surface area contributed by atoms with E-state index in [0.29, 0.717) is 11.2 Å². The van der Waals surface area contributed by atoms with Gasteiger partial charge in [0.2, 0.25) is 5.91 Å². The molecule has 1 saturated heterocycles. The van der Waals surface area contributed by atoms with E-state index < -0.39 is 49.2 Å². The highest BCUT2D eigenvalue weighted by Gasteiger charge is 2.43. The summed E-state index contributed by atoms with van der Waals surface area (Å²) in [7, 11) is 0. The van der Waals surface area contributed by atoms with Crippen LogP contribution in [0.15, 0.2) is 12.7 Å². The summed E-state index contributed by atoms with van der Waals surface area (Å²) in [6.07, 6.45) is -2.28. The van der Waals surface area contributed by atoms with Crippen LogP contribution >= 0.6 is 0 Å². The van der Waals surface area contributed by atoms with Crippen molar-refractivity contribution in [2.24, 2.45) is 11.5 Å². The predicted molar refractivity (Wildman–Crippen MR) is 91.6 cm³/mol.